The molecule has 0 unspecified atom stereocenters. The smallest absolute Gasteiger partial charge is 0.135 e. The maximum absolute atomic E-state index is 5.89. The molecule has 0 spiro atoms. The molecule has 3 nitrogen and oxygen atoms in total. The SMILES string of the molecule is CC(=NNc1ccc(Cl)cc1)c1ccc2oc3ccccc3c2c1. The minimum atomic E-state index is 0.707. The molecule has 0 amide bonds. The minimum Gasteiger partial charge on any atom is -0.456 e. The molecule has 3 aromatic carbocycles. The van der Waals surface area contributed by atoms with Crippen LogP contribution in [-0.4, -0.2) is 5.71 Å². The Hall–Kier alpha value is -2.78. The van der Waals surface area contributed by atoms with E-state index >= 15 is 0 Å². The second-order valence-corrected chi connectivity index (χ2v) is 6.06. The Bertz CT molecular complexity index is 1050. The number of anilines is 1. The first kappa shape index (κ1) is 14.8. The van der Waals surface area contributed by atoms with E-state index in [-0.39, 0.29) is 0 Å². The van der Waals surface area contributed by atoms with E-state index in [0.717, 1.165) is 38.9 Å². The second-order valence-electron chi connectivity index (χ2n) is 5.63. The Kier molecular flexibility index (Phi) is 3.71. The van der Waals surface area contributed by atoms with Crippen LogP contribution in [0.2, 0.25) is 5.02 Å². The topological polar surface area (TPSA) is 37.5 Å². The summed E-state index contributed by atoms with van der Waals surface area (Å²) >= 11 is 5.89. The van der Waals surface area contributed by atoms with Gasteiger partial charge in [0.25, 0.3) is 0 Å². The minimum absolute atomic E-state index is 0.707. The number of para-hydroxylation sites is 1. The van der Waals surface area contributed by atoms with Crippen molar-refractivity contribution in [3.8, 4) is 0 Å². The molecule has 0 saturated carbocycles. The number of rotatable bonds is 3. The summed E-state index contributed by atoms with van der Waals surface area (Å²) in [4.78, 5) is 0. The van der Waals surface area contributed by atoms with Gasteiger partial charge >= 0.3 is 0 Å². The van der Waals surface area contributed by atoms with Crippen molar-refractivity contribution in [3.05, 3.63) is 77.3 Å². The molecule has 0 aliphatic carbocycles. The zero-order chi connectivity index (χ0) is 16.5. The van der Waals surface area contributed by atoms with Crippen molar-refractivity contribution in [2.24, 2.45) is 5.10 Å². The Balaban J connectivity index is 1.68. The zero-order valence-corrected chi connectivity index (χ0v) is 13.8. The van der Waals surface area contributed by atoms with Gasteiger partial charge in [0.15, 0.2) is 0 Å². The molecule has 0 atom stereocenters. The lowest BCUT2D eigenvalue weighted by Crippen LogP contribution is -1.99. The first-order valence-corrected chi connectivity index (χ1v) is 8.06. The van der Waals surface area contributed by atoms with Gasteiger partial charge in [0.1, 0.15) is 11.2 Å². The van der Waals surface area contributed by atoms with Crippen LogP contribution in [0.5, 0.6) is 0 Å². The molecular formula is C20H15ClN2O. The van der Waals surface area contributed by atoms with Gasteiger partial charge in [-0.2, -0.15) is 5.10 Å². The molecule has 1 N–H and O–H groups in total. The molecule has 0 saturated heterocycles. The van der Waals surface area contributed by atoms with Gasteiger partial charge < -0.3 is 4.42 Å². The highest BCUT2D eigenvalue weighted by atomic mass is 35.5. The fourth-order valence-corrected chi connectivity index (χ4v) is 2.81. The largest absolute Gasteiger partial charge is 0.456 e. The van der Waals surface area contributed by atoms with Crippen LogP contribution in [0.1, 0.15) is 12.5 Å². The van der Waals surface area contributed by atoms with Crippen LogP contribution >= 0.6 is 11.6 Å². The molecular weight excluding hydrogens is 320 g/mol. The Labute approximate surface area is 144 Å². The van der Waals surface area contributed by atoms with Crippen molar-refractivity contribution < 1.29 is 4.42 Å². The van der Waals surface area contributed by atoms with Crippen molar-refractivity contribution in [2.75, 3.05) is 5.43 Å². The number of benzene rings is 3. The number of nitrogens with zero attached hydrogens (tertiary/aromatic N) is 1. The molecule has 0 bridgehead atoms. The average molecular weight is 335 g/mol. The molecule has 4 heteroatoms. The van der Waals surface area contributed by atoms with Crippen molar-refractivity contribution in [1.29, 1.82) is 0 Å². The molecule has 0 radical (unpaired) electrons. The quantitative estimate of drug-likeness (QED) is 0.364. The number of hydrogen-bond acceptors (Lipinski definition) is 3. The summed E-state index contributed by atoms with van der Waals surface area (Å²) in [7, 11) is 0. The Morgan fingerprint density at radius 3 is 2.50 bits per heavy atom. The fraction of sp³-hybridized carbons (Fsp3) is 0.0500. The summed E-state index contributed by atoms with van der Waals surface area (Å²) in [6.07, 6.45) is 0. The number of halogens is 1. The summed E-state index contributed by atoms with van der Waals surface area (Å²) in [5, 5.41) is 7.38. The Morgan fingerprint density at radius 1 is 0.917 bits per heavy atom. The van der Waals surface area contributed by atoms with Gasteiger partial charge in [-0.25, -0.2) is 0 Å². The molecule has 0 aliphatic heterocycles. The maximum atomic E-state index is 5.89. The summed E-state index contributed by atoms with van der Waals surface area (Å²) in [6, 6.07) is 21.6. The van der Waals surface area contributed by atoms with Crippen LogP contribution < -0.4 is 5.43 Å². The number of furan rings is 1. The van der Waals surface area contributed by atoms with E-state index in [0.29, 0.717) is 5.02 Å². The lowest BCUT2D eigenvalue weighted by atomic mass is 10.1. The van der Waals surface area contributed by atoms with E-state index < -0.39 is 0 Å². The van der Waals surface area contributed by atoms with Crippen molar-refractivity contribution in [2.45, 2.75) is 6.92 Å². The fourth-order valence-electron chi connectivity index (χ4n) is 2.69. The zero-order valence-electron chi connectivity index (χ0n) is 13.1. The predicted octanol–water partition coefficient (Wildman–Crippen LogP) is 6.08. The van der Waals surface area contributed by atoms with Crippen molar-refractivity contribution >= 4 is 44.9 Å². The van der Waals surface area contributed by atoms with Gasteiger partial charge in [-0.15, -0.1) is 0 Å². The van der Waals surface area contributed by atoms with E-state index in [1.807, 2.05) is 61.5 Å². The molecule has 0 fully saturated rings. The monoisotopic (exact) mass is 334 g/mol. The van der Waals surface area contributed by atoms with E-state index in [2.05, 4.69) is 22.7 Å². The van der Waals surface area contributed by atoms with Gasteiger partial charge in [-0.05, 0) is 61.0 Å². The summed E-state index contributed by atoms with van der Waals surface area (Å²) < 4.78 is 5.86. The normalized spacial score (nSPS) is 12.0. The lowest BCUT2D eigenvalue weighted by molar-refractivity contribution is 0.669. The predicted molar refractivity (Wildman–Crippen MR) is 101 cm³/mol. The third kappa shape index (κ3) is 2.74. The molecule has 1 aromatic heterocycles. The third-order valence-electron chi connectivity index (χ3n) is 3.99. The standard InChI is InChI=1S/C20H15ClN2O/c1-13(22-23-16-9-7-15(21)8-10-16)14-6-11-20-18(12-14)17-4-2-3-5-19(17)24-20/h2-12,23H,1H3. The number of hydrazone groups is 1. The second kappa shape index (κ2) is 6.02. The van der Waals surface area contributed by atoms with Crippen LogP contribution in [0.3, 0.4) is 0 Å². The number of hydrogen-bond donors (Lipinski definition) is 1. The Morgan fingerprint density at radius 2 is 1.67 bits per heavy atom. The number of fused-ring (bicyclic) bond motifs is 3. The lowest BCUT2D eigenvalue weighted by Gasteiger charge is -2.04. The molecule has 24 heavy (non-hydrogen) atoms. The van der Waals surface area contributed by atoms with E-state index in [9.17, 15) is 0 Å². The van der Waals surface area contributed by atoms with Crippen molar-refractivity contribution in [3.63, 3.8) is 0 Å². The van der Waals surface area contributed by atoms with Gasteiger partial charge in [-0.3, -0.25) is 5.43 Å². The van der Waals surface area contributed by atoms with Crippen LogP contribution in [0.15, 0.2) is 76.2 Å². The van der Waals surface area contributed by atoms with Gasteiger partial charge in [0.2, 0.25) is 0 Å². The van der Waals surface area contributed by atoms with E-state index in [1.165, 1.54) is 0 Å². The summed E-state index contributed by atoms with van der Waals surface area (Å²) in [5.74, 6) is 0. The van der Waals surface area contributed by atoms with Crippen LogP contribution in [0.25, 0.3) is 21.9 Å². The van der Waals surface area contributed by atoms with Gasteiger partial charge in [0.05, 0.1) is 11.4 Å². The molecule has 118 valence electrons. The molecule has 4 aromatic rings. The maximum Gasteiger partial charge on any atom is 0.135 e. The van der Waals surface area contributed by atoms with E-state index in [1.54, 1.807) is 0 Å². The van der Waals surface area contributed by atoms with Crippen LogP contribution in [0.4, 0.5) is 5.69 Å². The molecule has 0 aliphatic rings. The highest BCUT2D eigenvalue weighted by Crippen LogP contribution is 2.29. The number of nitrogens with one attached hydrogen (secondary N) is 1. The average Bonchev–Trinajstić information content (AvgIpc) is 2.99. The van der Waals surface area contributed by atoms with Crippen molar-refractivity contribution in [1.82, 2.24) is 0 Å². The molecule has 1 heterocycles. The first-order valence-electron chi connectivity index (χ1n) is 7.68. The molecule has 4 rings (SSSR count). The van der Waals surface area contributed by atoms with Crippen LogP contribution in [-0.2, 0) is 0 Å². The third-order valence-corrected chi connectivity index (χ3v) is 4.24. The van der Waals surface area contributed by atoms with Gasteiger partial charge in [0, 0.05) is 15.8 Å². The van der Waals surface area contributed by atoms with E-state index in [4.69, 9.17) is 16.0 Å². The summed E-state index contributed by atoms with van der Waals surface area (Å²) in [6.45, 7) is 1.98. The highest BCUT2D eigenvalue weighted by molar-refractivity contribution is 6.30. The summed E-state index contributed by atoms with van der Waals surface area (Å²) in [5.41, 5.74) is 7.69. The first-order chi connectivity index (χ1) is 11.7. The highest BCUT2D eigenvalue weighted by Gasteiger charge is 2.08. The van der Waals surface area contributed by atoms with Gasteiger partial charge in [-0.1, -0.05) is 29.8 Å². The van der Waals surface area contributed by atoms with Crippen LogP contribution in [0, 0.1) is 0 Å².